The van der Waals surface area contributed by atoms with Gasteiger partial charge in [0.2, 0.25) is 0 Å². The topological polar surface area (TPSA) is 81.0 Å². The fraction of sp³-hybridized carbons (Fsp3) is 0.136. The molecule has 7 nitrogen and oxygen atoms in total. The minimum Gasteiger partial charge on any atom is -0.467 e. The number of rotatable bonds is 4. The van der Waals surface area contributed by atoms with Crippen LogP contribution in [0.15, 0.2) is 85.7 Å². The van der Waals surface area contributed by atoms with Gasteiger partial charge in [-0.15, -0.1) is 0 Å². The molecule has 0 aliphatic carbocycles. The molecule has 0 N–H and O–H groups in total. The predicted molar refractivity (Wildman–Crippen MR) is 111 cm³/mol. The summed E-state index contributed by atoms with van der Waals surface area (Å²) < 4.78 is 12.1. The molecule has 5 rings (SSSR count). The first-order chi connectivity index (χ1) is 14.6. The van der Waals surface area contributed by atoms with E-state index in [1.807, 2.05) is 18.2 Å². The Morgan fingerprint density at radius 1 is 1.10 bits per heavy atom. The third-order valence-corrected chi connectivity index (χ3v) is 5.33. The van der Waals surface area contributed by atoms with Crippen molar-refractivity contribution in [2.24, 2.45) is 5.10 Å². The number of hydrazone groups is 1. The Bertz CT molecular complexity index is 1300. The SMILES string of the molecule is O=C(Cn1c(=O)oc2ccccc21)N1N=C(c2ccc(Cl)cc2)C[C@H]1c1ccco1. The van der Waals surface area contributed by atoms with Crippen molar-refractivity contribution in [3.05, 3.63) is 93.8 Å². The number of furan rings is 1. The zero-order chi connectivity index (χ0) is 20.7. The molecule has 2 aromatic heterocycles. The zero-order valence-electron chi connectivity index (χ0n) is 15.7. The highest BCUT2D eigenvalue weighted by Gasteiger charge is 2.35. The molecule has 0 unspecified atom stereocenters. The van der Waals surface area contributed by atoms with E-state index in [4.69, 9.17) is 20.4 Å². The molecule has 30 heavy (non-hydrogen) atoms. The van der Waals surface area contributed by atoms with Crippen LogP contribution in [0.4, 0.5) is 0 Å². The summed E-state index contributed by atoms with van der Waals surface area (Å²) in [4.78, 5) is 25.5. The van der Waals surface area contributed by atoms with E-state index in [2.05, 4.69) is 5.10 Å². The summed E-state index contributed by atoms with van der Waals surface area (Å²) in [5.74, 6) is -0.297. The quantitative estimate of drug-likeness (QED) is 0.494. The van der Waals surface area contributed by atoms with E-state index >= 15 is 0 Å². The molecule has 8 heteroatoms. The first-order valence-corrected chi connectivity index (χ1v) is 9.75. The number of para-hydroxylation sites is 2. The lowest BCUT2D eigenvalue weighted by molar-refractivity contribution is -0.134. The van der Waals surface area contributed by atoms with Crippen LogP contribution in [0.3, 0.4) is 0 Å². The van der Waals surface area contributed by atoms with Crippen molar-refractivity contribution in [2.45, 2.75) is 19.0 Å². The van der Waals surface area contributed by atoms with Gasteiger partial charge >= 0.3 is 5.76 Å². The van der Waals surface area contributed by atoms with Crippen molar-refractivity contribution in [1.82, 2.24) is 9.58 Å². The van der Waals surface area contributed by atoms with Gasteiger partial charge in [-0.25, -0.2) is 9.80 Å². The number of carbonyl (C=O) groups excluding carboxylic acids is 1. The van der Waals surface area contributed by atoms with Crippen molar-refractivity contribution in [1.29, 1.82) is 0 Å². The molecule has 0 bridgehead atoms. The summed E-state index contributed by atoms with van der Waals surface area (Å²) in [7, 11) is 0. The second-order valence-corrected chi connectivity index (χ2v) is 7.39. The minimum absolute atomic E-state index is 0.190. The van der Waals surface area contributed by atoms with E-state index in [9.17, 15) is 9.59 Å². The second-order valence-electron chi connectivity index (χ2n) is 6.95. The molecule has 4 aromatic rings. The smallest absolute Gasteiger partial charge is 0.420 e. The second kappa shape index (κ2) is 7.35. The van der Waals surface area contributed by atoms with E-state index in [-0.39, 0.29) is 12.5 Å². The number of amides is 1. The fourth-order valence-corrected chi connectivity index (χ4v) is 3.76. The molecule has 0 radical (unpaired) electrons. The maximum absolute atomic E-state index is 13.2. The molecule has 1 aliphatic heterocycles. The van der Waals surface area contributed by atoms with Gasteiger partial charge in [0.05, 0.1) is 17.5 Å². The van der Waals surface area contributed by atoms with Crippen LogP contribution < -0.4 is 5.76 Å². The van der Waals surface area contributed by atoms with Gasteiger partial charge in [-0.2, -0.15) is 5.10 Å². The number of oxazole rings is 1. The van der Waals surface area contributed by atoms with Crippen LogP contribution in [0, 0.1) is 0 Å². The van der Waals surface area contributed by atoms with Crippen LogP contribution in [0.1, 0.15) is 23.8 Å². The van der Waals surface area contributed by atoms with Gasteiger partial charge in [0, 0.05) is 11.4 Å². The highest BCUT2D eigenvalue weighted by molar-refractivity contribution is 6.30. The van der Waals surface area contributed by atoms with Crippen LogP contribution >= 0.6 is 11.6 Å². The van der Waals surface area contributed by atoms with E-state index in [0.29, 0.717) is 28.3 Å². The summed E-state index contributed by atoms with van der Waals surface area (Å²) in [5.41, 5.74) is 2.61. The molecule has 3 heterocycles. The molecular weight excluding hydrogens is 406 g/mol. The van der Waals surface area contributed by atoms with E-state index in [0.717, 1.165) is 11.3 Å². The lowest BCUT2D eigenvalue weighted by Crippen LogP contribution is -2.32. The number of hydrogen-bond acceptors (Lipinski definition) is 5. The fourth-order valence-electron chi connectivity index (χ4n) is 3.63. The Hall–Kier alpha value is -3.58. The third-order valence-electron chi connectivity index (χ3n) is 5.08. The number of fused-ring (bicyclic) bond motifs is 1. The average molecular weight is 422 g/mol. The number of hydrogen-bond donors (Lipinski definition) is 0. The third kappa shape index (κ3) is 3.23. The Morgan fingerprint density at radius 2 is 1.90 bits per heavy atom. The van der Waals surface area contributed by atoms with Crippen LogP contribution in [0.5, 0.6) is 0 Å². The highest BCUT2D eigenvalue weighted by atomic mass is 35.5. The maximum atomic E-state index is 13.2. The standard InChI is InChI=1S/C22H16ClN3O4/c23-15-9-7-14(8-10-15)16-12-18(19-6-3-11-29-19)26(24-16)21(27)13-25-17-4-1-2-5-20(17)30-22(25)28/h1-11,18H,12-13H2/t18-/m0/s1. The van der Waals surface area contributed by atoms with Gasteiger partial charge in [-0.1, -0.05) is 35.9 Å². The van der Waals surface area contributed by atoms with E-state index in [1.165, 1.54) is 9.58 Å². The van der Waals surface area contributed by atoms with Crippen LogP contribution in [-0.4, -0.2) is 21.2 Å². The Morgan fingerprint density at radius 3 is 2.67 bits per heavy atom. The van der Waals surface area contributed by atoms with Crippen molar-refractivity contribution in [3.63, 3.8) is 0 Å². The molecule has 0 fully saturated rings. The molecule has 0 saturated carbocycles. The Labute approximate surface area is 175 Å². The van der Waals surface area contributed by atoms with Gasteiger partial charge < -0.3 is 8.83 Å². The average Bonchev–Trinajstić information content (AvgIpc) is 3.48. The first-order valence-electron chi connectivity index (χ1n) is 9.37. The summed E-state index contributed by atoms with van der Waals surface area (Å²) in [6.45, 7) is -0.190. The van der Waals surface area contributed by atoms with Gasteiger partial charge in [0.1, 0.15) is 18.3 Å². The molecule has 1 aliphatic rings. The number of carbonyl (C=O) groups is 1. The molecule has 2 aromatic carbocycles. The number of benzene rings is 2. The summed E-state index contributed by atoms with van der Waals surface area (Å²) in [6.07, 6.45) is 2.05. The van der Waals surface area contributed by atoms with Crippen molar-refractivity contribution in [2.75, 3.05) is 0 Å². The number of halogens is 1. The molecule has 1 atom stereocenters. The molecule has 0 saturated heterocycles. The normalized spacial score (nSPS) is 16.2. The maximum Gasteiger partial charge on any atom is 0.420 e. The summed E-state index contributed by atoms with van der Waals surface area (Å²) >= 11 is 5.99. The van der Waals surface area contributed by atoms with Gasteiger partial charge in [0.15, 0.2) is 5.58 Å². The van der Waals surface area contributed by atoms with Crippen LogP contribution in [-0.2, 0) is 11.3 Å². The largest absolute Gasteiger partial charge is 0.467 e. The van der Waals surface area contributed by atoms with Crippen molar-refractivity contribution >= 4 is 34.3 Å². The predicted octanol–water partition coefficient (Wildman–Crippen LogP) is 4.22. The molecule has 150 valence electrons. The monoisotopic (exact) mass is 421 g/mol. The minimum atomic E-state index is -0.583. The van der Waals surface area contributed by atoms with Crippen LogP contribution in [0.2, 0.25) is 5.02 Å². The summed E-state index contributed by atoms with van der Waals surface area (Å²) in [6, 6.07) is 17.5. The Balaban J connectivity index is 1.50. The molecular formula is C22H16ClN3O4. The number of aromatic nitrogens is 1. The van der Waals surface area contributed by atoms with Crippen LogP contribution in [0.25, 0.3) is 11.1 Å². The lowest BCUT2D eigenvalue weighted by atomic mass is 10.0. The van der Waals surface area contributed by atoms with E-state index < -0.39 is 11.8 Å². The summed E-state index contributed by atoms with van der Waals surface area (Å²) in [5, 5.41) is 6.58. The molecule has 1 amide bonds. The van der Waals surface area contributed by atoms with E-state index in [1.54, 1.807) is 48.7 Å². The Kier molecular flexibility index (Phi) is 4.52. The molecule has 0 spiro atoms. The van der Waals surface area contributed by atoms with Crippen molar-refractivity contribution < 1.29 is 13.6 Å². The van der Waals surface area contributed by atoms with Gasteiger partial charge in [0.25, 0.3) is 5.91 Å². The highest BCUT2D eigenvalue weighted by Crippen LogP contribution is 2.33. The first kappa shape index (κ1) is 18.4. The number of nitrogens with zero attached hydrogens (tertiary/aromatic N) is 3. The lowest BCUT2D eigenvalue weighted by Gasteiger charge is -2.19. The van der Waals surface area contributed by atoms with Gasteiger partial charge in [-0.05, 0) is 42.0 Å². The zero-order valence-corrected chi connectivity index (χ0v) is 16.5. The van der Waals surface area contributed by atoms with Gasteiger partial charge in [-0.3, -0.25) is 9.36 Å². The van der Waals surface area contributed by atoms with Crippen molar-refractivity contribution in [3.8, 4) is 0 Å².